The van der Waals surface area contributed by atoms with Gasteiger partial charge in [0.1, 0.15) is 11.6 Å². The zero-order valence-corrected chi connectivity index (χ0v) is 12.3. The highest BCUT2D eigenvalue weighted by molar-refractivity contribution is 5.97. The Morgan fingerprint density at radius 2 is 2.15 bits per heavy atom. The van der Waals surface area contributed by atoms with Crippen LogP contribution in [0, 0.1) is 25.2 Å². The Balaban J connectivity index is 2.73. The monoisotopic (exact) mass is 271 g/mol. The van der Waals surface area contributed by atoms with Crippen molar-refractivity contribution < 1.29 is 4.79 Å². The summed E-state index contributed by atoms with van der Waals surface area (Å²) in [6.45, 7) is 6.62. The number of carbonyl (C=O) groups is 1. The molecule has 4 heteroatoms. The average molecular weight is 271 g/mol. The highest BCUT2D eigenvalue weighted by atomic mass is 16.1. The molecule has 0 aliphatic carbocycles. The van der Waals surface area contributed by atoms with Gasteiger partial charge in [0, 0.05) is 18.4 Å². The fourth-order valence-corrected chi connectivity index (χ4v) is 1.66. The molecule has 0 heterocycles. The highest BCUT2D eigenvalue weighted by Gasteiger charge is 2.07. The van der Waals surface area contributed by atoms with Gasteiger partial charge in [-0.05, 0) is 37.5 Å². The van der Waals surface area contributed by atoms with E-state index in [0.29, 0.717) is 6.54 Å². The van der Waals surface area contributed by atoms with Crippen LogP contribution < -0.4 is 10.6 Å². The molecule has 0 saturated heterocycles. The summed E-state index contributed by atoms with van der Waals surface area (Å²) >= 11 is 0. The van der Waals surface area contributed by atoms with Gasteiger partial charge in [-0.1, -0.05) is 25.5 Å². The Kier molecular flexibility index (Phi) is 6.31. The fraction of sp³-hybridized carbons (Fsp3) is 0.375. The van der Waals surface area contributed by atoms with Crippen LogP contribution in [0.1, 0.15) is 30.9 Å². The number of amides is 1. The Morgan fingerprint density at radius 1 is 1.40 bits per heavy atom. The number of anilines is 1. The summed E-state index contributed by atoms with van der Waals surface area (Å²) in [5, 5.41) is 14.8. The number of rotatable bonds is 6. The minimum absolute atomic E-state index is 0.0852. The molecule has 0 aliphatic rings. The molecule has 0 radical (unpaired) electrons. The summed E-state index contributed by atoms with van der Waals surface area (Å²) in [7, 11) is 0. The van der Waals surface area contributed by atoms with Crippen LogP contribution in [0.4, 0.5) is 5.69 Å². The van der Waals surface area contributed by atoms with E-state index in [4.69, 9.17) is 5.26 Å². The van der Waals surface area contributed by atoms with Crippen molar-refractivity contribution in [3.8, 4) is 6.07 Å². The van der Waals surface area contributed by atoms with Crippen LogP contribution in [-0.2, 0) is 4.79 Å². The third-order valence-electron chi connectivity index (χ3n) is 2.95. The Labute approximate surface area is 120 Å². The molecule has 2 N–H and O–H groups in total. The molecular formula is C16H21N3O. The number of carbonyl (C=O) groups excluding carboxylic acids is 1. The van der Waals surface area contributed by atoms with Crippen molar-refractivity contribution in [3.63, 3.8) is 0 Å². The molecule has 20 heavy (non-hydrogen) atoms. The molecule has 0 aromatic heterocycles. The van der Waals surface area contributed by atoms with Crippen molar-refractivity contribution in [2.24, 2.45) is 0 Å². The van der Waals surface area contributed by atoms with Crippen molar-refractivity contribution >= 4 is 11.6 Å². The second kappa shape index (κ2) is 8.00. The number of benzene rings is 1. The first-order chi connectivity index (χ1) is 9.58. The molecule has 1 amide bonds. The van der Waals surface area contributed by atoms with E-state index in [9.17, 15) is 4.79 Å². The first-order valence-corrected chi connectivity index (χ1v) is 6.80. The smallest absolute Gasteiger partial charge is 0.263 e. The second-order valence-corrected chi connectivity index (χ2v) is 4.74. The van der Waals surface area contributed by atoms with E-state index in [1.54, 1.807) is 0 Å². The maximum absolute atomic E-state index is 11.8. The summed E-state index contributed by atoms with van der Waals surface area (Å²) in [4.78, 5) is 11.8. The number of nitriles is 1. The average Bonchev–Trinajstić information content (AvgIpc) is 2.43. The minimum Gasteiger partial charge on any atom is -0.360 e. The van der Waals surface area contributed by atoms with Crippen molar-refractivity contribution in [1.29, 1.82) is 5.26 Å². The molecule has 0 spiro atoms. The molecule has 4 nitrogen and oxygen atoms in total. The quantitative estimate of drug-likeness (QED) is 0.475. The lowest BCUT2D eigenvalue weighted by atomic mass is 10.1. The molecule has 106 valence electrons. The number of hydrogen-bond donors (Lipinski definition) is 2. The van der Waals surface area contributed by atoms with Gasteiger partial charge in [-0.25, -0.2) is 0 Å². The predicted octanol–water partition coefficient (Wildman–Crippen LogP) is 3.04. The SMILES string of the molecule is CCCCNC(=O)/C(C#N)=C\Nc1cc(C)ccc1C. The lowest BCUT2D eigenvalue weighted by Crippen LogP contribution is -2.25. The van der Waals surface area contributed by atoms with Crippen molar-refractivity contribution in [2.75, 3.05) is 11.9 Å². The van der Waals surface area contributed by atoms with E-state index in [-0.39, 0.29) is 11.5 Å². The Hall–Kier alpha value is -2.28. The van der Waals surface area contributed by atoms with Crippen molar-refractivity contribution in [1.82, 2.24) is 5.32 Å². The van der Waals surface area contributed by atoms with E-state index in [2.05, 4.69) is 17.6 Å². The lowest BCUT2D eigenvalue weighted by molar-refractivity contribution is -0.117. The molecule has 0 unspecified atom stereocenters. The van der Waals surface area contributed by atoms with Crippen molar-refractivity contribution in [2.45, 2.75) is 33.6 Å². The largest absolute Gasteiger partial charge is 0.360 e. The van der Waals surface area contributed by atoms with Gasteiger partial charge in [0.05, 0.1) is 0 Å². The topological polar surface area (TPSA) is 64.9 Å². The van der Waals surface area contributed by atoms with Crippen LogP contribution in [0.3, 0.4) is 0 Å². The van der Waals surface area contributed by atoms with Gasteiger partial charge in [0.2, 0.25) is 0 Å². The molecule has 1 aromatic carbocycles. The van der Waals surface area contributed by atoms with Crippen LogP contribution >= 0.6 is 0 Å². The van der Waals surface area contributed by atoms with Gasteiger partial charge in [0.15, 0.2) is 0 Å². The maximum Gasteiger partial charge on any atom is 0.263 e. The minimum atomic E-state index is -0.334. The van der Waals surface area contributed by atoms with Crippen LogP contribution in [0.5, 0.6) is 0 Å². The first-order valence-electron chi connectivity index (χ1n) is 6.80. The maximum atomic E-state index is 11.8. The molecule has 0 fully saturated rings. The normalized spacial score (nSPS) is 10.8. The lowest BCUT2D eigenvalue weighted by Gasteiger charge is -2.08. The first kappa shape index (κ1) is 15.8. The summed E-state index contributed by atoms with van der Waals surface area (Å²) < 4.78 is 0. The summed E-state index contributed by atoms with van der Waals surface area (Å²) in [6.07, 6.45) is 3.38. The van der Waals surface area contributed by atoms with Gasteiger partial charge < -0.3 is 10.6 Å². The van der Waals surface area contributed by atoms with Crippen LogP contribution in [0.2, 0.25) is 0 Å². The molecule has 0 saturated carbocycles. The fourth-order valence-electron chi connectivity index (χ4n) is 1.66. The number of aryl methyl sites for hydroxylation is 2. The number of unbranched alkanes of at least 4 members (excludes halogenated alkanes) is 1. The standard InChI is InChI=1S/C16H21N3O/c1-4-5-8-18-16(20)14(10-17)11-19-15-9-12(2)6-7-13(15)3/h6-7,9,11,19H,4-5,8H2,1-3H3,(H,18,20)/b14-11-. The molecule has 1 rings (SSSR count). The van der Waals surface area contributed by atoms with E-state index < -0.39 is 0 Å². The van der Waals surface area contributed by atoms with Gasteiger partial charge in [-0.15, -0.1) is 0 Å². The molecule has 0 atom stereocenters. The van der Waals surface area contributed by atoms with Gasteiger partial charge >= 0.3 is 0 Å². The zero-order chi connectivity index (χ0) is 15.0. The second-order valence-electron chi connectivity index (χ2n) is 4.74. The molecule has 0 bridgehead atoms. The van der Waals surface area contributed by atoms with E-state index in [0.717, 1.165) is 29.7 Å². The van der Waals surface area contributed by atoms with Gasteiger partial charge in [0.25, 0.3) is 5.91 Å². The number of nitrogens with one attached hydrogen (secondary N) is 2. The third kappa shape index (κ3) is 4.77. The number of hydrogen-bond acceptors (Lipinski definition) is 3. The summed E-state index contributed by atoms with van der Waals surface area (Å²) in [6, 6.07) is 7.92. The van der Waals surface area contributed by atoms with E-state index >= 15 is 0 Å². The van der Waals surface area contributed by atoms with Crippen molar-refractivity contribution in [3.05, 3.63) is 41.1 Å². The summed E-state index contributed by atoms with van der Waals surface area (Å²) in [5.41, 5.74) is 3.18. The van der Waals surface area contributed by atoms with E-state index in [1.807, 2.05) is 38.1 Å². The Morgan fingerprint density at radius 3 is 2.80 bits per heavy atom. The summed E-state index contributed by atoms with van der Waals surface area (Å²) in [5.74, 6) is -0.334. The van der Waals surface area contributed by atoms with Crippen LogP contribution in [-0.4, -0.2) is 12.5 Å². The predicted molar refractivity (Wildman–Crippen MR) is 81.2 cm³/mol. The van der Waals surface area contributed by atoms with Gasteiger partial charge in [-0.2, -0.15) is 5.26 Å². The van der Waals surface area contributed by atoms with Gasteiger partial charge in [-0.3, -0.25) is 4.79 Å². The third-order valence-corrected chi connectivity index (χ3v) is 2.95. The van der Waals surface area contributed by atoms with Crippen LogP contribution in [0.25, 0.3) is 0 Å². The molecule has 0 aliphatic heterocycles. The molecular weight excluding hydrogens is 250 g/mol. The highest BCUT2D eigenvalue weighted by Crippen LogP contribution is 2.16. The zero-order valence-electron chi connectivity index (χ0n) is 12.3. The number of nitrogens with zero attached hydrogens (tertiary/aromatic N) is 1. The molecule has 1 aromatic rings. The Bertz CT molecular complexity index is 541. The van der Waals surface area contributed by atoms with E-state index in [1.165, 1.54) is 6.20 Å². The van der Waals surface area contributed by atoms with Crippen LogP contribution in [0.15, 0.2) is 30.0 Å².